The molecule has 1 saturated carbocycles. The van der Waals surface area contributed by atoms with Gasteiger partial charge in [-0.1, -0.05) is 18.9 Å². The summed E-state index contributed by atoms with van der Waals surface area (Å²) >= 11 is 0. The van der Waals surface area contributed by atoms with Crippen LogP contribution in [0.5, 0.6) is 5.75 Å². The quantitative estimate of drug-likeness (QED) is 0.732. The smallest absolute Gasteiger partial charge is 0.261 e. The van der Waals surface area contributed by atoms with Crippen molar-refractivity contribution in [2.45, 2.75) is 51.1 Å². The van der Waals surface area contributed by atoms with Crippen molar-refractivity contribution in [1.82, 2.24) is 4.90 Å². The molecule has 148 valence electrons. The number of benzene rings is 1. The predicted molar refractivity (Wildman–Crippen MR) is 105 cm³/mol. The number of nitrogens with zero attached hydrogens (tertiary/aromatic N) is 2. The van der Waals surface area contributed by atoms with E-state index in [1.807, 2.05) is 41.3 Å². The molecule has 1 aliphatic carbocycles. The maximum atomic E-state index is 12.9. The molecule has 2 aliphatic rings. The molecule has 0 spiro atoms. The van der Waals surface area contributed by atoms with Crippen LogP contribution in [0.2, 0.25) is 0 Å². The van der Waals surface area contributed by atoms with Gasteiger partial charge in [-0.3, -0.25) is 9.59 Å². The van der Waals surface area contributed by atoms with Gasteiger partial charge in [0.05, 0.1) is 12.8 Å². The zero-order chi connectivity index (χ0) is 19.3. The number of furan rings is 1. The summed E-state index contributed by atoms with van der Waals surface area (Å²) in [5.74, 6) is 1.50. The first-order valence-electron chi connectivity index (χ1n) is 10.1. The Kier molecular flexibility index (Phi) is 5.65. The van der Waals surface area contributed by atoms with Crippen molar-refractivity contribution >= 4 is 17.5 Å². The monoisotopic (exact) mass is 382 g/mol. The first-order chi connectivity index (χ1) is 13.7. The fraction of sp³-hybridized carbons (Fsp3) is 0.455. The number of ether oxygens (including phenoxy) is 1. The second-order valence-corrected chi connectivity index (χ2v) is 7.47. The van der Waals surface area contributed by atoms with Gasteiger partial charge in [0.1, 0.15) is 11.5 Å². The Morgan fingerprint density at radius 3 is 2.75 bits per heavy atom. The van der Waals surface area contributed by atoms with Crippen LogP contribution in [0.25, 0.3) is 0 Å². The van der Waals surface area contributed by atoms with Crippen molar-refractivity contribution in [2.75, 3.05) is 18.1 Å². The summed E-state index contributed by atoms with van der Waals surface area (Å²) < 4.78 is 11.3. The van der Waals surface area contributed by atoms with Crippen molar-refractivity contribution in [3.05, 3.63) is 48.4 Å². The van der Waals surface area contributed by atoms with E-state index in [4.69, 9.17) is 9.15 Å². The molecule has 4 rings (SSSR count). The minimum absolute atomic E-state index is 0.0192. The van der Waals surface area contributed by atoms with Crippen LogP contribution < -0.4 is 9.64 Å². The molecule has 0 N–H and O–H groups in total. The largest absolute Gasteiger partial charge is 0.484 e. The van der Waals surface area contributed by atoms with E-state index in [0.29, 0.717) is 18.7 Å². The van der Waals surface area contributed by atoms with Crippen molar-refractivity contribution in [1.29, 1.82) is 0 Å². The molecule has 1 aromatic heterocycles. The summed E-state index contributed by atoms with van der Waals surface area (Å²) in [6, 6.07) is 11.4. The predicted octanol–water partition coefficient (Wildman–Crippen LogP) is 3.76. The highest BCUT2D eigenvalue weighted by atomic mass is 16.5. The summed E-state index contributed by atoms with van der Waals surface area (Å²) in [6.45, 7) is 1.19. The number of amides is 2. The van der Waals surface area contributed by atoms with Gasteiger partial charge in [-0.25, -0.2) is 0 Å². The average Bonchev–Trinajstić information content (AvgIpc) is 3.47. The minimum atomic E-state index is -0.0362. The van der Waals surface area contributed by atoms with E-state index in [2.05, 4.69) is 0 Å². The average molecular weight is 382 g/mol. The molecule has 1 aliphatic heterocycles. The highest BCUT2D eigenvalue weighted by Crippen LogP contribution is 2.27. The molecular formula is C22H26N2O4. The first-order valence-corrected chi connectivity index (χ1v) is 10.1. The molecule has 0 atom stereocenters. The topological polar surface area (TPSA) is 63.0 Å². The fourth-order valence-electron chi connectivity index (χ4n) is 4.10. The Balaban J connectivity index is 1.41. The Labute approximate surface area is 165 Å². The lowest BCUT2D eigenvalue weighted by molar-refractivity contribution is -0.136. The molecular weight excluding hydrogens is 356 g/mol. The molecule has 1 aromatic carbocycles. The van der Waals surface area contributed by atoms with Crippen LogP contribution in [0.3, 0.4) is 0 Å². The van der Waals surface area contributed by atoms with Crippen molar-refractivity contribution < 1.29 is 18.7 Å². The zero-order valence-electron chi connectivity index (χ0n) is 16.0. The van der Waals surface area contributed by atoms with E-state index in [1.54, 1.807) is 11.2 Å². The second kappa shape index (κ2) is 8.50. The van der Waals surface area contributed by atoms with Gasteiger partial charge < -0.3 is 19.0 Å². The van der Waals surface area contributed by atoms with Gasteiger partial charge in [-0.05, 0) is 43.5 Å². The molecule has 6 heteroatoms. The summed E-state index contributed by atoms with van der Waals surface area (Å²) in [5.41, 5.74) is 0.829. The van der Waals surface area contributed by atoms with E-state index >= 15 is 0 Å². The van der Waals surface area contributed by atoms with E-state index in [9.17, 15) is 9.59 Å². The lowest BCUT2D eigenvalue weighted by Crippen LogP contribution is -2.41. The first kappa shape index (κ1) is 18.6. The zero-order valence-corrected chi connectivity index (χ0v) is 16.0. The van der Waals surface area contributed by atoms with Crippen LogP contribution in [0.1, 0.15) is 44.3 Å². The third-order valence-corrected chi connectivity index (χ3v) is 5.56. The fourth-order valence-corrected chi connectivity index (χ4v) is 4.10. The number of anilines is 1. The normalized spacial score (nSPS) is 17.3. The van der Waals surface area contributed by atoms with Gasteiger partial charge in [-0.15, -0.1) is 0 Å². The van der Waals surface area contributed by atoms with Crippen LogP contribution in [0.4, 0.5) is 5.69 Å². The van der Waals surface area contributed by atoms with Crippen LogP contribution in [0.15, 0.2) is 47.1 Å². The van der Waals surface area contributed by atoms with Crippen LogP contribution >= 0.6 is 0 Å². The SMILES string of the molecule is O=C1CCCN1c1cccc(OCC(=O)N(Cc2ccco2)C2CCCC2)c1. The second-order valence-electron chi connectivity index (χ2n) is 7.47. The number of carbonyl (C=O) groups is 2. The van der Waals surface area contributed by atoms with Gasteiger partial charge in [0.25, 0.3) is 5.91 Å². The standard InChI is InChI=1S/C22H26N2O4/c25-21-11-4-12-23(21)18-8-3-9-19(14-18)28-16-22(26)24(17-6-1-2-7-17)15-20-10-5-13-27-20/h3,5,8-10,13-14,17H,1-2,4,6-7,11-12,15-16H2. The number of rotatable bonds is 7. The van der Waals surface area contributed by atoms with Gasteiger partial charge in [0, 0.05) is 30.8 Å². The third kappa shape index (κ3) is 4.21. The summed E-state index contributed by atoms with van der Waals surface area (Å²) in [6.07, 6.45) is 7.46. The van der Waals surface area contributed by atoms with Crippen molar-refractivity contribution in [3.63, 3.8) is 0 Å². The minimum Gasteiger partial charge on any atom is -0.484 e. The van der Waals surface area contributed by atoms with E-state index in [1.165, 1.54) is 0 Å². The Hall–Kier alpha value is -2.76. The number of carbonyl (C=O) groups excluding carboxylic acids is 2. The van der Waals surface area contributed by atoms with Crippen LogP contribution in [-0.2, 0) is 16.1 Å². The van der Waals surface area contributed by atoms with Gasteiger partial charge >= 0.3 is 0 Å². The number of hydrogen-bond donors (Lipinski definition) is 0. The Morgan fingerprint density at radius 2 is 2.04 bits per heavy atom. The molecule has 2 amide bonds. The van der Waals surface area contributed by atoms with Crippen molar-refractivity contribution in [3.8, 4) is 5.75 Å². The van der Waals surface area contributed by atoms with Gasteiger partial charge in [0.2, 0.25) is 5.91 Å². The Morgan fingerprint density at radius 1 is 1.18 bits per heavy atom. The molecule has 28 heavy (non-hydrogen) atoms. The third-order valence-electron chi connectivity index (χ3n) is 5.56. The molecule has 6 nitrogen and oxygen atoms in total. The summed E-state index contributed by atoms with van der Waals surface area (Å²) in [5, 5.41) is 0. The highest BCUT2D eigenvalue weighted by Gasteiger charge is 2.28. The maximum absolute atomic E-state index is 12.9. The van der Waals surface area contributed by atoms with Gasteiger partial charge in [0.15, 0.2) is 6.61 Å². The van der Waals surface area contributed by atoms with Crippen LogP contribution in [0, 0.1) is 0 Å². The molecule has 2 heterocycles. The number of hydrogen-bond acceptors (Lipinski definition) is 4. The molecule has 0 radical (unpaired) electrons. The molecule has 0 bridgehead atoms. The summed E-state index contributed by atoms with van der Waals surface area (Å²) in [7, 11) is 0. The molecule has 2 fully saturated rings. The lowest BCUT2D eigenvalue weighted by Gasteiger charge is -2.28. The molecule has 1 saturated heterocycles. The Bertz CT molecular complexity index is 812. The van der Waals surface area contributed by atoms with E-state index in [0.717, 1.165) is 50.1 Å². The van der Waals surface area contributed by atoms with Crippen molar-refractivity contribution in [2.24, 2.45) is 0 Å². The van der Waals surface area contributed by atoms with Crippen LogP contribution in [-0.4, -0.2) is 35.9 Å². The highest BCUT2D eigenvalue weighted by molar-refractivity contribution is 5.95. The van der Waals surface area contributed by atoms with Gasteiger partial charge in [-0.2, -0.15) is 0 Å². The maximum Gasteiger partial charge on any atom is 0.261 e. The summed E-state index contributed by atoms with van der Waals surface area (Å²) in [4.78, 5) is 28.5. The lowest BCUT2D eigenvalue weighted by atomic mass is 10.2. The van der Waals surface area contributed by atoms with E-state index in [-0.39, 0.29) is 24.5 Å². The molecule has 0 unspecified atom stereocenters. The van der Waals surface area contributed by atoms with E-state index < -0.39 is 0 Å². The molecule has 2 aromatic rings.